The van der Waals surface area contributed by atoms with Gasteiger partial charge in [-0.2, -0.15) is 10.5 Å². The Morgan fingerprint density at radius 3 is 1.56 bits per heavy atom. The molecule has 0 bridgehead atoms. The van der Waals surface area contributed by atoms with Crippen LogP contribution in [0.4, 0.5) is 28.9 Å². The Hall–Kier alpha value is -6.96. The number of sulfonamides is 2. The van der Waals surface area contributed by atoms with Gasteiger partial charge in [-0.05, 0) is 115 Å². The van der Waals surface area contributed by atoms with Gasteiger partial charge in [-0.25, -0.2) is 21.2 Å². The summed E-state index contributed by atoms with van der Waals surface area (Å²) in [6.45, 7) is 1.93. The molecule has 0 atom stereocenters. The highest BCUT2D eigenvalue weighted by molar-refractivity contribution is 7.92. The number of anilines is 2. The number of benzene rings is 5. The van der Waals surface area contributed by atoms with Crippen molar-refractivity contribution in [3.8, 4) is 17.9 Å². The van der Waals surface area contributed by atoms with E-state index in [0.717, 1.165) is 48.4 Å². The minimum absolute atomic E-state index is 0.0359. The Morgan fingerprint density at radius 2 is 1.12 bits per heavy atom. The first-order valence-electron chi connectivity index (χ1n) is 20.6. The van der Waals surface area contributed by atoms with Crippen LogP contribution in [0.3, 0.4) is 0 Å². The van der Waals surface area contributed by atoms with Crippen LogP contribution in [0.25, 0.3) is 0 Å². The lowest BCUT2D eigenvalue weighted by molar-refractivity contribution is -0.274. The molecule has 0 saturated carbocycles. The molecule has 19 heteroatoms. The third kappa shape index (κ3) is 13.5. The number of nitrogens with zero attached hydrogens (tertiary/aromatic N) is 4. The molecule has 0 radical (unpaired) electrons. The first-order valence-corrected chi connectivity index (χ1v) is 24.1. The molecular formula is C47H44F4N6O7S2. The van der Waals surface area contributed by atoms with Gasteiger partial charge in [-0.15, -0.1) is 13.2 Å². The van der Waals surface area contributed by atoms with Gasteiger partial charge in [0.25, 0.3) is 11.8 Å². The summed E-state index contributed by atoms with van der Waals surface area (Å²) in [5.41, 5.74) is 3.40. The highest BCUT2D eigenvalue weighted by atomic mass is 32.2. The molecule has 7 rings (SSSR count). The number of nitriles is 2. The Balaban J connectivity index is 0.000000229. The van der Waals surface area contributed by atoms with Crippen molar-refractivity contribution in [3.63, 3.8) is 0 Å². The number of carbonyl (C=O) groups excluding carboxylic acids is 2. The summed E-state index contributed by atoms with van der Waals surface area (Å²) in [7, 11) is -7.76. The number of likely N-dealkylation sites (tertiary alicyclic amines) is 2. The molecule has 2 saturated heterocycles. The fraction of sp³-hybridized carbons (Fsp3) is 0.277. The predicted octanol–water partition coefficient (Wildman–Crippen LogP) is 8.51. The summed E-state index contributed by atoms with van der Waals surface area (Å²) in [6.07, 6.45) is -1.22. The summed E-state index contributed by atoms with van der Waals surface area (Å²) in [4.78, 5) is 29.2. The number of carbonyl (C=O) groups is 2. The number of hydrogen-bond acceptors (Lipinski definition) is 9. The van der Waals surface area contributed by atoms with E-state index in [2.05, 4.69) is 26.3 Å². The van der Waals surface area contributed by atoms with Gasteiger partial charge in [-0.1, -0.05) is 54.6 Å². The van der Waals surface area contributed by atoms with Crippen LogP contribution in [0.15, 0.2) is 115 Å². The van der Waals surface area contributed by atoms with Crippen molar-refractivity contribution in [1.29, 1.82) is 10.5 Å². The molecular weight excluding hydrogens is 901 g/mol. The number of ether oxygens (including phenoxy) is 1. The molecule has 2 N–H and O–H groups in total. The highest BCUT2D eigenvalue weighted by Gasteiger charge is 2.34. The van der Waals surface area contributed by atoms with Crippen LogP contribution in [0.2, 0.25) is 0 Å². The quantitative estimate of drug-likeness (QED) is 0.122. The molecule has 5 aromatic rings. The van der Waals surface area contributed by atoms with Crippen LogP contribution < -0.4 is 14.2 Å². The molecule has 2 aliphatic rings. The van der Waals surface area contributed by atoms with Gasteiger partial charge < -0.3 is 14.5 Å². The molecule has 0 aliphatic carbocycles. The van der Waals surface area contributed by atoms with Gasteiger partial charge in [-0.3, -0.25) is 19.0 Å². The van der Waals surface area contributed by atoms with Crippen LogP contribution in [0.1, 0.15) is 86.1 Å². The fourth-order valence-corrected chi connectivity index (χ4v) is 9.50. The molecule has 5 aromatic carbocycles. The Labute approximate surface area is 380 Å². The smallest absolute Gasteiger partial charge is 0.404 e. The fourth-order valence-electron chi connectivity index (χ4n) is 7.75. The van der Waals surface area contributed by atoms with Gasteiger partial charge in [0.2, 0.25) is 20.0 Å². The first-order chi connectivity index (χ1) is 31.3. The van der Waals surface area contributed by atoms with Crippen LogP contribution >= 0.6 is 0 Å². The molecule has 2 heterocycles. The molecule has 13 nitrogen and oxygen atoms in total. The van der Waals surface area contributed by atoms with Crippen molar-refractivity contribution in [3.05, 3.63) is 160 Å². The van der Waals surface area contributed by atoms with Crippen LogP contribution in [-0.4, -0.2) is 77.2 Å². The monoisotopic (exact) mass is 944 g/mol. The summed E-state index contributed by atoms with van der Waals surface area (Å²) >= 11 is 0. The van der Waals surface area contributed by atoms with Crippen molar-refractivity contribution >= 4 is 43.2 Å². The van der Waals surface area contributed by atoms with Gasteiger partial charge >= 0.3 is 6.36 Å². The van der Waals surface area contributed by atoms with Gasteiger partial charge in [0.05, 0.1) is 46.6 Å². The molecule has 2 fully saturated rings. The Kier molecular flexibility index (Phi) is 15.4. The molecule has 0 aromatic heterocycles. The molecule has 0 spiro atoms. The second kappa shape index (κ2) is 20.9. The number of halogens is 4. The topological polar surface area (TPSA) is 190 Å². The zero-order valence-corrected chi connectivity index (χ0v) is 37.1. The zero-order valence-electron chi connectivity index (χ0n) is 35.5. The van der Waals surface area contributed by atoms with E-state index in [-0.39, 0.29) is 28.6 Å². The number of rotatable bonds is 11. The first kappa shape index (κ1) is 48.5. The number of piperidine rings is 2. The van der Waals surface area contributed by atoms with Gasteiger partial charge in [0.1, 0.15) is 5.82 Å². The van der Waals surface area contributed by atoms with Crippen molar-refractivity contribution in [2.45, 2.75) is 49.6 Å². The average molecular weight is 945 g/mol. The van der Waals surface area contributed by atoms with E-state index >= 15 is 0 Å². The van der Waals surface area contributed by atoms with Crippen molar-refractivity contribution in [1.82, 2.24) is 9.80 Å². The van der Waals surface area contributed by atoms with E-state index in [0.29, 0.717) is 61.6 Å². The van der Waals surface area contributed by atoms with Crippen molar-refractivity contribution in [2.24, 2.45) is 0 Å². The van der Waals surface area contributed by atoms with Crippen molar-refractivity contribution < 1.29 is 48.7 Å². The third-order valence-electron chi connectivity index (χ3n) is 11.0. The number of hydrogen-bond donors (Lipinski definition) is 2. The van der Waals surface area contributed by atoms with Crippen LogP contribution in [-0.2, 0) is 25.8 Å². The second-order valence-electron chi connectivity index (χ2n) is 15.8. The minimum Gasteiger partial charge on any atom is -0.404 e. The maximum absolute atomic E-state index is 13.8. The van der Waals surface area contributed by atoms with E-state index in [1.54, 1.807) is 64.4 Å². The lowest BCUT2D eigenvalue weighted by atomic mass is 9.89. The van der Waals surface area contributed by atoms with E-state index in [4.69, 9.17) is 10.5 Å². The van der Waals surface area contributed by atoms with E-state index in [1.165, 1.54) is 18.2 Å². The number of nitrogens with one attached hydrogen (secondary N) is 2. The van der Waals surface area contributed by atoms with E-state index in [9.17, 15) is 44.0 Å². The SMILES string of the molecule is CS(=O)(=O)Nc1cc(C(=O)N2CCC(c3ccc(C#N)cc3)CC2)ccc1F.N#Cc1ccc(C2CCN(C(=O)c3ccc(OC(F)(F)F)c(NS(=O)(=O)Cc4ccccc4)c3)CC2)cc1. The third-order valence-corrected chi connectivity index (χ3v) is 12.8. The second-order valence-corrected chi connectivity index (χ2v) is 19.2. The maximum Gasteiger partial charge on any atom is 0.573 e. The lowest BCUT2D eigenvalue weighted by Gasteiger charge is -2.32. The minimum atomic E-state index is -5.06. The van der Waals surface area contributed by atoms with Crippen LogP contribution in [0, 0.1) is 28.5 Å². The van der Waals surface area contributed by atoms with E-state index in [1.807, 2.05) is 24.3 Å². The molecule has 2 aliphatic heterocycles. The maximum atomic E-state index is 13.8. The Morgan fingerprint density at radius 1 is 0.667 bits per heavy atom. The number of amides is 2. The highest BCUT2D eigenvalue weighted by Crippen LogP contribution is 2.35. The largest absolute Gasteiger partial charge is 0.573 e. The molecule has 66 heavy (non-hydrogen) atoms. The summed E-state index contributed by atoms with van der Waals surface area (Å²) in [5, 5.41) is 17.9. The zero-order chi connectivity index (χ0) is 47.6. The predicted molar refractivity (Wildman–Crippen MR) is 239 cm³/mol. The average Bonchev–Trinajstić information content (AvgIpc) is 3.29. The van der Waals surface area contributed by atoms with Crippen LogP contribution in [0.5, 0.6) is 5.75 Å². The van der Waals surface area contributed by atoms with Gasteiger partial charge in [0.15, 0.2) is 5.75 Å². The molecule has 0 unspecified atom stereocenters. The van der Waals surface area contributed by atoms with E-state index < -0.39 is 55.3 Å². The number of alkyl halides is 3. The Bertz CT molecular complexity index is 2840. The van der Waals surface area contributed by atoms with Gasteiger partial charge in [0, 0.05) is 37.3 Å². The molecule has 2 amide bonds. The lowest BCUT2D eigenvalue weighted by Crippen LogP contribution is -2.38. The summed E-state index contributed by atoms with van der Waals surface area (Å²) in [5.74, 6) is -2.13. The normalized spacial score (nSPS) is 14.8. The summed E-state index contributed by atoms with van der Waals surface area (Å²) < 4.78 is 109. The van der Waals surface area contributed by atoms with Crippen molar-refractivity contribution in [2.75, 3.05) is 41.9 Å². The standard InChI is InChI=1S/C27H24F3N3O4S.C20H20FN3O3S/c28-27(29,30)37-25-11-10-23(16-24(25)32-38(35,36)18-20-4-2-1-3-5-20)26(34)33-14-12-22(13-15-33)21-8-6-19(17-31)7-9-21;1-28(26,27)23-19-12-17(6-7-18(19)21)20(25)24-10-8-16(9-11-24)15-4-2-14(13-22)3-5-15/h1-11,16,22,32H,12-15,18H2;2-7,12,16,23H,8-11H2,1H3. The summed E-state index contributed by atoms with van der Waals surface area (Å²) in [6, 6.07) is 34.0. The molecule has 344 valence electrons.